The number of carbonyl (C=O) groups excluding carboxylic acids is 3. The normalized spacial score (nSPS) is 15.6. The molecule has 0 radical (unpaired) electrons. The number of hydrogen-bond acceptors (Lipinski definition) is 6. The second-order valence-electron chi connectivity index (χ2n) is 8.33. The summed E-state index contributed by atoms with van der Waals surface area (Å²) in [6, 6.07) is 12.6. The highest BCUT2D eigenvalue weighted by Gasteiger charge is 2.31. The molecule has 1 unspecified atom stereocenters. The highest BCUT2D eigenvalue weighted by Crippen LogP contribution is 2.23. The van der Waals surface area contributed by atoms with Crippen LogP contribution in [0.25, 0.3) is 0 Å². The van der Waals surface area contributed by atoms with Crippen molar-refractivity contribution in [1.29, 1.82) is 0 Å². The molecule has 0 spiro atoms. The first-order valence-electron chi connectivity index (χ1n) is 10.9. The molecule has 3 amide bonds. The molecule has 2 aromatic carbocycles. The Morgan fingerprint density at radius 2 is 1.74 bits per heavy atom. The van der Waals surface area contributed by atoms with Crippen LogP contribution in [0.1, 0.15) is 43.6 Å². The van der Waals surface area contributed by atoms with E-state index < -0.39 is 5.91 Å². The number of anilines is 2. The lowest BCUT2D eigenvalue weighted by atomic mass is 9.97. The molecule has 176 valence electrons. The second kappa shape index (κ2) is 10.3. The Morgan fingerprint density at radius 1 is 1.00 bits per heavy atom. The first kappa shape index (κ1) is 23.8. The molecule has 1 aliphatic heterocycles. The zero-order valence-corrected chi connectivity index (χ0v) is 20.4. The van der Waals surface area contributed by atoms with Gasteiger partial charge in [-0.1, -0.05) is 35.1 Å². The summed E-state index contributed by atoms with van der Waals surface area (Å²) in [5.41, 5.74) is 3.42. The largest absolute Gasteiger partial charge is 0.336 e. The molecular weight excluding hydrogens is 474 g/mol. The number of halogens is 1. The van der Waals surface area contributed by atoms with E-state index in [1.165, 1.54) is 0 Å². The van der Waals surface area contributed by atoms with Crippen molar-refractivity contribution in [2.75, 3.05) is 23.7 Å². The van der Waals surface area contributed by atoms with Gasteiger partial charge >= 0.3 is 0 Å². The quantitative estimate of drug-likeness (QED) is 0.538. The van der Waals surface area contributed by atoms with E-state index in [2.05, 4.69) is 20.8 Å². The van der Waals surface area contributed by atoms with Gasteiger partial charge in [-0.15, -0.1) is 10.2 Å². The molecule has 1 fully saturated rings. The summed E-state index contributed by atoms with van der Waals surface area (Å²) in [6.07, 6.45) is 1.40. The van der Waals surface area contributed by atoms with Gasteiger partial charge in [-0.2, -0.15) is 0 Å². The van der Waals surface area contributed by atoms with Crippen LogP contribution < -0.4 is 10.6 Å². The van der Waals surface area contributed by atoms with Crippen LogP contribution in [0.2, 0.25) is 5.02 Å². The smallest absolute Gasteiger partial charge is 0.286 e. The van der Waals surface area contributed by atoms with E-state index in [-0.39, 0.29) is 27.7 Å². The predicted octanol–water partition coefficient (Wildman–Crippen LogP) is 4.55. The maximum absolute atomic E-state index is 13.0. The van der Waals surface area contributed by atoms with E-state index in [1.54, 1.807) is 29.2 Å². The third kappa shape index (κ3) is 5.78. The molecule has 0 bridgehead atoms. The molecule has 10 heteroatoms. The molecule has 1 aliphatic rings. The number of piperidine rings is 1. The van der Waals surface area contributed by atoms with Crippen LogP contribution in [-0.4, -0.2) is 45.9 Å². The molecule has 0 aliphatic carbocycles. The molecule has 2 heterocycles. The van der Waals surface area contributed by atoms with Crippen molar-refractivity contribution >= 4 is 52.0 Å². The summed E-state index contributed by atoms with van der Waals surface area (Å²) >= 11 is 6.87. The molecule has 1 atom stereocenters. The van der Waals surface area contributed by atoms with Gasteiger partial charge in [0.15, 0.2) is 0 Å². The van der Waals surface area contributed by atoms with E-state index in [1.807, 2.05) is 32.0 Å². The van der Waals surface area contributed by atoms with Crippen LogP contribution in [0.15, 0.2) is 42.5 Å². The topological polar surface area (TPSA) is 104 Å². The summed E-state index contributed by atoms with van der Waals surface area (Å²) in [5, 5.41) is 14.1. The first-order chi connectivity index (χ1) is 16.3. The molecule has 4 rings (SSSR count). The fourth-order valence-electron chi connectivity index (χ4n) is 3.95. The zero-order valence-electron chi connectivity index (χ0n) is 18.8. The van der Waals surface area contributed by atoms with E-state index in [0.29, 0.717) is 36.6 Å². The standard InChI is InChI=1S/C24H24ClN5O3S/c1-14-9-15(2)11-19(10-14)27-20(31)16-5-4-8-30(13-16)24(33)23-29-28-22(34-23)21(32)26-18-7-3-6-17(25)12-18/h3,6-7,9-12,16H,4-5,8,13H2,1-2H3,(H,26,32)(H,27,31). The van der Waals surface area contributed by atoms with Gasteiger partial charge in [-0.25, -0.2) is 0 Å². The molecule has 2 N–H and O–H groups in total. The lowest BCUT2D eigenvalue weighted by Crippen LogP contribution is -2.43. The SMILES string of the molecule is Cc1cc(C)cc(NC(=O)C2CCCN(C(=O)c3nnc(C(=O)Nc4cccc(Cl)c4)s3)C2)c1. The summed E-state index contributed by atoms with van der Waals surface area (Å²) in [7, 11) is 0. The third-order valence-electron chi connectivity index (χ3n) is 5.45. The predicted molar refractivity (Wildman–Crippen MR) is 132 cm³/mol. The average molecular weight is 498 g/mol. The number of rotatable bonds is 5. The number of aromatic nitrogens is 2. The number of benzene rings is 2. The summed E-state index contributed by atoms with van der Waals surface area (Å²) < 4.78 is 0. The van der Waals surface area contributed by atoms with Crippen molar-refractivity contribution < 1.29 is 14.4 Å². The molecule has 34 heavy (non-hydrogen) atoms. The maximum Gasteiger partial charge on any atom is 0.286 e. The van der Waals surface area contributed by atoms with E-state index in [0.717, 1.165) is 28.2 Å². The first-order valence-corrected chi connectivity index (χ1v) is 12.1. The second-order valence-corrected chi connectivity index (χ2v) is 9.75. The van der Waals surface area contributed by atoms with Crippen molar-refractivity contribution in [1.82, 2.24) is 15.1 Å². The van der Waals surface area contributed by atoms with Gasteiger partial charge < -0.3 is 15.5 Å². The van der Waals surface area contributed by atoms with Gasteiger partial charge in [0.05, 0.1) is 5.92 Å². The van der Waals surface area contributed by atoms with Crippen LogP contribution in [0, 0.1) is 19.8 Å². The number of likely N-dealkylation sites (tertiary alicyclic amines) is 1. The van der Waals surface area contributed by atoms with Crippen LogP contribution in [-0.2, 0) is 4.79 Å². The monoisotopic (exact) mass is 497 g/mol. The third-order valence-corrected chi connectivity index (χ3v) is 6.60. The maximum atomic E-state index is 13.0. The summed E-state index contributed by atoms with van der Waals surface area (Å²) in [4.78, 5) is 39.9. The minimum Gasteiger partial charge on any atom is -0.336 e. The molecular formula is C24H24ClN5O3S. The van der Waals surface area contributed by atoms with Crippen molar-refractivity contribution in [3.05, 3.63) is 68.6 Å². The van der Waals surface area contributed by atoms with Gasteiger partial charge in [-0.05, 0) is 68.1 Å². The summed E-state index contributed by atoms with van der Waals surface area (Å²) in [5.74, 6) is -1.23. The number of amides is 3. The number of aryl methyl sites for hydroxylation is 2. The molecule has 1 aromatic heterocycles. The Hall–Kier alpha value is -3.30. The molecule has 3 aromatic rings. The lowest BCUT2D eigenvalue weighted by molar-refractivity contribution is -0.121. The van der Waals surface area contributed by atoms with Crippen molar-refractivity contribution in [2.24, 2.45) is 5.92 Å². The molecule has 0 saturated carbocycles. The van der Waals surface area contributed by atoms with Crippen molar-refractivity contribution in [2.45, 2.75) is 26.7 Å². The Kier molecular flexibility index (Phi) is 7.23. The molecule has 8 nitrogen and oxygen atoms in total. The zero-order chi connectivity index (χ0) is 24.2. The van der Waals surface area contributed by atoms with Gasteiger partial charge in [0.25, 0.3) is 11.8 Å². The Balaban J connectivity index is 1.38. The number of nitrogens with zero attached hydrogens (tertiary/aromatic N) is 3. The van der Waals surface area contributed by atoms with E-state index in [4.69, 9.17) is 11.6 Å². The minimum absolute atomic E-state index is 0.0736. The van der Waals surface area contributed by atoms with Gasteiger partial charge in [0, 0.05) is 29.5 Å². The van der Waals surface area contributed by atoms with Crippen LogP contribution in [0.3, 0.4) is 0 Å². The highest BCUT2D eigenvalue weighted by molar-refractivity contribution is 7.15. The summed E-state index contributed by atoms with van der Waals surface area (Å²) in [6.45, 7) is 4.78. The van der Waals surface area contributed by atoms with Crippen molar-refractivity contribution in [3.8, 4) is 0 Å². The Bertz CT molecular complexity index is 1220. The minimum atomic E-state index is -0.469. The fourth-order valence-corrected chi connectivity index (χ4v) is 4.85. The Labute approximate surface area is 206 Å². The van der Waals surface area contributed by atoms with Crippen molar-refractivity contribution in [3.63, 3.8) is 0 Å². The van der Waals surface area contributed by atoms with Crippen LogP contribution >= 0.6 is 22.9 Å². The van der Waals surface area contributed by atoms with Gasteiger partial charge in [0.2, 0.25) is 15.9 Å². The van der Waals surface area contributed by atoms with Gasteiger partial charge in [-0.3, -0.25) is 14.4 Å². The Morgan fingerprint density at radius 3 is 2.47 bits per heavy atom. The average Bonchev–Trinajstić information content (AvgIpc) is 3.28. The van der Waals surface area contributed by atoms with Crippen LogP contribution in [0.4, 0.5) is 11.4 Å². The van der Waals surface area contributed by atoms with Gasteiger partial charge in [0.1, 0.15) is 0 Å². The van der Waals surface area contributed by atoms with E-state index >= 15 is 0 Å². The molecule has 1 saturated heterocycles. The van der Waals surface area contributed by atoms with E-state index in [9.17, 15) is 14.4 Å². The lowest BCUT2D eigenvalue weighted by Gasteiger charge is -2.31. The number of carbonyl (C=O) groups is 3. The number of nitrogens with one attached hydrogen (secondary N) is 2. The fraction of sp³-hybridized carbons (Fsp3) is 0.292. The number of hydrogen-bond donors (Lipinski definition) is 2. The highest BCUT2D eigenvalue weighted by atomic mass is 35.5. The van der Waals surface area contributed by atoms with Crippen LogP contribution in [0.5, 0.6) is 0 Å².